The van der Waals surface area contributed by atoms with Crippen LogP contribution in [0.15, 0.2) is 36.4 Å². The molecule has 0 fully saturated rings. The number of rotatable bonds is 4. The number of carbonyl (C=O) groups is 1. The van der Waals surface area contributed by atoms with Gasteiger partial charge in [-0.25, -0.2) is 9.18 Å². The van der Waals surface area contributed by atoms with Crippen molar-refractivity contribution in [3.8, 4) is 0 Å². The zero-order valence-corrected chi connectivity index (χ0v) is 11.0. The highest BCUT2D eigenvalue weighted by Gasteiger charge is 2.20. The fraction of sp³-hybridized carbons (Fsp3) is 0.0714. The van der Waals surface area contributed by atoms with Gasteiger partial charge in [0.05, 0.1) is 4.92 Å². The van der Waals surface area contributed by atoms with Gasteiger partial charge in [0.2, 0.25) is 0 Å². The summed E-state index contributed by atoms with van der Waals surface area (Å²) in [5.41, 5.74) is 0.424. The van der Waals surface area contributed by atoms with E-state index in [4.69, 9.17) is 5.11 Å². The first kappa shape index (κ1) is 14.4. The predicted octanol–water partition coefficient (Wildman–Crippen LogP) is 3.48. The first-order valence-corrected chi connectivity index (χ1v) is 5.93. The summed E-state index contributed by atoms with van der Waals surface area (Å²) < 4.78 is 13.2. The van der Waals surface area contributed by atoms with Crippen LogP contribution in [0.1, 0.15) is 15.9 Å². The van der Waals surface area contributed by atoms with E-state index in [2.05, 4.69) is 5.32 Å². The fourth-order valence-corrected chi connectivity index (χ4v) is 1.83. The van der Waals surface area contributed by atoms with E-state index in [1.54, 1.807) is 13.0 Å². The van der Waals surface area contributed by atoms with Crippen LogP contribution in [0.25, 0.3) is 0 Å². The Balaban J connectivity index is 2.36. The molecule has 0 saturated heterocycles. The third kappa shape index (κ3) is 3.14. The van der Waals surface area contributed by atoms with Crippen molar-refractivity contribution in [2.24, 2.45) is 0 Å². The SMILES string of the molecule is Cc1cc(Nc2ccc(C(=O)O)c([N+](=O)[O-])c2)ccc1F. The molecule has 0 heterocycles. The molecule has 0 aliphatic heterocycles. The maximum Gasteiger partial charge on any atom is 0.342 e. The molecular formula is C14H11FN2O4. The number of hydrogen-bond donors (Lipinski definition) is 2. The largest absolute Gasteiger partial charge is 0.477 e. The quantitative estimate of drug-likeness (QED) is 0.664. The molecule has 0 bridgehead atoms. The second-order valence-electron chi connectivity index (χ2n) is 4.38. The number of nitrogens with zero attached hydrogens (tertiary/aromatic N) is 1. The van der Waals surface area contributed by atoms with Gasteiger partial charge < -0.3 is 10.4 Å². The number of carboxylic acid groups (broad SMARTS) is 1. The summed E-state index contributed by atoms with van der Waals surface area (Å²) in [7, 11) is 0. The van der Waals surface area contributed by atoms with Gasteiger partial charge in [-0.3, -0.25) is 10.1 Å². The van der Waals surface area contributed by atoms with E-state index in [0.29, 0.717) is 16.9 Å². The van der Waals surface area contributed by atoms with Crippen molar-refractivity contribution in [2.45, 2.75) is 6.92 Å². The highest BCUT2D eigenvalue weighted by atomic mass is 19.1. The Hall–Kier alpha value is -2.96. The van der Waals surface area contributed by atoms with Gasteiger partial charge in [0.15, 0.2) is 0 Å². The average Bonchev–Trinajstić information content (AvgIpc) is 2.42. The van der Waals surface area contributed by atoms with E-state index in [9.17, 15) is 19.3 Å². The van der Waals surface area contributed by atoms with E-state index in [0.717, 1.165) is 12.1 Å². The van der Waals surface area contributed by atoms with Gasteiger partial charge >= 0.3 is 5.97 Å². The standard InChI is InChI=1S/C14H11FN2O4/c1-8-6-9(3-5-12(8)15)16-10-2-4-11(14(18)19)13(7-10)17(20)21/h2-7,16H,1H3,(H,18,19). The van der Waals surface area contributed by atoms with Gasteiger partial charge in [-0.2, -0.15) is 0 Å². The van der Waals surface area contributed by atoms with E-state index >= 15 is 0 Å². The number of nitrogens with one attached hydrogen (secondary N) is 1. The zero-order chi connectivity index (χ0) is 15.6. The van der Waals surface area contributed by atoms with Gasteiger partial charge in [-0.05, 0) is 42.8 Å². The Morgan fingerprint density at radius 1 is 1.24 bits per heavy atom. The van der Waals surface area contributed by atoms with Crippen LogP contribution in [0.5, 0.6) is 0 Å². The molecule has 0 atom stereocenters. The van der Waals surface area contributed by atoms with Crippen LogP contribution in [0, 0.1) is 22.9 Å². The Bertz CT molecular complexity index is 731. The second kappa shape index (κ2) is 5.58. The maximum absolute atomic E-state index is 13.2. The van der Waals surface area contributed by atoms with Gasteiger partial charge in [0.1, 0.15) is 11.4 Å². The van der Waals surface area contributed by atoms with Crippen LogP contribution in [0.4, 0.5) is 21.5 Å². The van der Waals surface area contributed by atoms with Crippen LogP contribution in [-0.4, -0.2) is 16.0 Å². The lowest BCUT2D eigenvalue weighted by Crippen LogP contribution is -2.03. The highest BCUT2D eigenvalue weighted by molar-refractivity contribution is 5.93. The van der Waals surface area contributed by atoms with E-state index < -0.39 is 16.6 Å². The van der Waals surface area contributed by atoms with Crippen molar-refractivity contribution in [3.63, 3.8) is 0 Å². The molecule has 2 rings (SSSR count). The number of aromatic carboxylic acids is 1. The summed E-state index contributed by atoms with van der Waals surface area (Å²) in [5.74, 6) is -1.72. The number of aryl methyl sites for hydroxylation is 1. The first-order chi connectivity index (χ1) is 9.88. The molecule has 0 spiro atoms. The van der Waals surface area contributed by atoms with Crippen LogP contribution >= 0.6 is 0 Å². The normalized spacial score (nSPS) is 10.2. The second-order valence-corrected chi connectivity index (χ2v) is 4.38. The number of halogens is 1. The molecule has 0 aromatic heterocycles. The Morgan fingerprint density at radius 2 is 1.86 bits per heavy atom. The maximum atomic E-state index is 13.2. The van der Waals surface area contributed by atoms with Crippen molar-refractivity contribution in [3.05, 3.63) is 63.5 Å². The molecule has 0 radical (unpaired) electrons. The third-order valence-corrected chi connectivity index (χ3v) is 2.87. The monoisotopic (exact) mass is 290 g/mol. The van der Waals surface area contributed by atoms with Crippen molar-refractivity contribution in [1.82, 2.24) is 0 Å². The molecule has 6 nitrogen and oxygen atoms in total. The van der Waals surface area contributed by atoms with Crippen LogP contribution in [0.2, 0.25) is 0 Å². The lowest BCUT2D eigenvalue weighted by atomic mass is 10.1. The zero-order valence-electron chi connectivity index (χ0n) is 11.0. The first-order valence-electron chi connectivity index (χ1n) is 5.93. The lowest BCUT2D eigenvalue weighted by molar-refractivity contribution is -0.385. The molecule has 0 unspecified atom stereocenters. The van der Waals surface area contributed by atoms with E-state index in [-0.39, 0.29) is 11.4 Å². The Labute approximate surface area is 119 Å². The molecule has 0 amide bonds. The molecule has 108 valence electrons. The third-order valence-electron chi connectivity index (χ3n) is 2.87. The molecule has 21 heavy (non-hydrogen) atoms. The Morgan fingerprint density at radius 3 is 2.43 bits per heavy atom. The summed E-state index contributed by atoms with van der Waals surface area (Å²) in [6.45, 7) is 1.59. The van der Waals surface area contributed by atoms with Gasteiger partial charge in [0, 0.05) is 17.4 Å². The van der Waals surface area contributed by atoms with Crippen LogP contribution in [0.3, 0.4) is 0 Å². The van der Waals surface area contributed by atoms with E-state index in [1.165, 1.54) is 18.2 Å². The average molecular weight is 290 g/mol. The molecule has 0 saturated carbocycles. The lowest BCUT2D eigenvalue weighted by Gasteiger charge is -2.08. The van der Waals surface area contributed by atoms with E-state index in [1.807, 2.05) is 0 Å². The topological polar surface area (TPSA) is 92.5 Å². The number of hydrogen-bond acceptors (Lipinski definition) is 4. The summed E-state index contributed by atoms with van der Waals surface area (Å²) in [6.07, 6.45) is 0. The number of nitro groups is 1. The van der Waals surface area contributed by atoms with Crippen LogP contribution in [-0.2, 0) is 0 Å². The smallest absolute Gasteiger partial charge is 0.342 e. The van der Waals surface area contributed by atoms with Gasteiger partial charge in [-0.15, -0.1) is 0 Å². The molecule has 2 aromatic rings. The highest BCUT2D eigenvalue weighted by Crippen LogP contribution is 2.26. The van der Waals surface area contributed by atoms with Gasteiger partial charge in [-0.1, -0.05) is 0 Å². The summed E-state index contributed by atoms with van der Waals surface area (Å²) >= 11 is 0. The molecule has 2 aromatic carbocycles. The molecule has 2 N–H and O–H groups in total. The summed E-state index contributed by atoms with van der Waals surface area (Å²) in [6, 6.07) is 8.00. The Kier molecular flexibility index (Phi) is 3.84. The van der Waals surface area contributed by atoms with Crippen molar-refractivity contribution in [1.29, 1.82) is 0 Å². The summed E-state index contributed by atoms with van der Waals surface area (Å²) in [4.78, 5) is 21.0. The fourth-order valence-electron chi connectivity index (χ4n) is 1.83. The minimum absolute atomic E-state index is 0.345. The number of nitro benzene ring substituents is 1. The molecule has 0 aliphatic rings. The number of benzene rings is 2. The minimum Gasteiger partial charge on any atom is -0.477 e. The number of anilines is 2. The molecule has 7 heteroatoms. The van der Waals surface area contributed by atoms with Gasteiger partial charge in [0.25, 0.3) is 5.69 Å². The van der Waals surface area contributed by atoms with Crippen molar-refractivity contribution in [2.75, 3.05) is 5.32 Å². The minimum atomic E-state index is -1.37. The number of carboxylic acids is 1. The van der Waals surface area contributed by atoms with Crippen molar-refractivity contribution < 1.29 is 19.2 Å². The molecular weight excluding hydrogens is 279 g/mol. The predicted molar refractivity (Wildman–Crippen MR) is 74.5 cm³/mol. The van der Waals surface area contributed by atoms with Crippen LogP contribution < -0.4 is 5.32 Å². The molecule has 0 aliphatic carbocycles. The summed E-state index contributed by atoms with van der Waals surface area (Å²) in [5, 5.41) is 22.7. The van der Waals surface area contributed by atoms with Crippen molar-refractivity contribution >= 4 is 23.0 Å².